The number of aliphatic imine (C=N–C) groups is 1. The van der Waals surface area contributed by atoms with Crippen LogP contribution in [0.25, 0.3) is 5.57 Å². The van der Waals surface area contributed by atoms with E-state index < -0.39 is 0 Å². The summed E-state index contributed by atoms with van der Waals surface area (Å²) in [6, 6.07) is 6.81. The molecule has 0 spiro atoms. The van der Waals surface area contributed by atoms with E-state index in [-0.39, 0.29) is 11.8 Å². The molecule has 0 amide bonds. The molecule has 1 aliphatic rings. The van der Waals surface area contributed by atoms with E-state index >= 15 is 0 Å². The third-order valence-corrected chi connectivity index (χ3v) is 4.54. The molecule has 3 rings (SSSR count). The van der Waals surface area contributed by atoms with Crippen molar-refractivity contribution in [3.05, 3.63) is 65.5 Å². The lowest BCUT2D eigenvalue weighted by molar-refractivity contribution is 0.406. The summed E-state index contributed by atoms with van der Waals surface area (Å²) in [4.78, 5) is 4.84. The van der Waals surface area contributed by atoms with Crippen LogP contribution in [0.15, 0.2) is 53.7 Å². The zero-order valence-electron chi connectivity index (χ0n) is 14.1. The molecule has 124 valence electrons. The number of nitrogens with zero attached hydrogens (tertiary/aromatic N) is 2. The highest BCUT2D eigenvalue weighted by atomic mass is 16.5. The molecule has 1 aromatic heterocycles. The van der Waals surface area contributed by atoms with E-state index in [1.165, 1.54) is 0 Å². The standard InChI is InChI=1S/C19H21N3O2/c1-5-16-11(2)12(3)19-15(8-9-22(19)20)18(21-16)14-7-6-13(24-4)10-17(14)23/h5-10,18,23H,1,20H2,2-4H3. The van der Waals surface area contributed by atoms with Gasteiger partial charge in [0.05, 0.1) is 18.5 Å². The summed E-state index contributed by atoms with van der Waals surface area (Å²) < 4.78 is 6.77. The molecule has 0 fully saturated rings. The average molecular weight is 323 g/mol. The lowest BCUT2D eigenvalue weighted by atomic mass is 9.96. The molecule has 5 heteroatoms. The summed E-state index contributed by atoms with van der Waals surface area (Å²) in [6.45, 7) is 7.90. The van der Waals surface area contributed by atoms with Crippen LogP contribution in [0.1, 0.15) is 36.7 Å². The van der Waals surface area contributed by atoms with Crippen LogP contribution in [-0.4, -0.2) is 22.6 Å². The number of fused-ring (bicyclic) bond motifs is 1. The van der Waals surface area contributed by atoms with Crippen molar-refractivity contribution in [2.45, 2.75) is 19.9 Å². The van der Waals surface area contributed by atoms with E-state index in [9.17, 15) is 5.11 Å². The molecule has 0 saturated carbocycles. The highest BCUT2D eigenvalue weighted by molar-refractivity contribution is 6.13. The Morgan fingerprint density at radius 3 is 2.62 bits per heavy atom. The zero-order chi connectivity index (χ0) is 17.4. The van der Waals surface area contributed by atoms with Crippen molar-refractivity contribution in [2.24, 2.45) is 4.99 Å². The number of phenols is 1. The fraction of sp³-hybridized carbons (Fsp3) is 0.211. The first kappa shape index (κ1) is 15.9. The maximum absolute atomic E-state index is 10.5. The van der Waals surface area contributed by atoms with Crippen LogP contribution in [0.2, 0.25) is 0 Å². The molecule has 2 heterocycles. The molecule has 1 unspecified atom stereocenters. The Kier molecular flexibility index (Phi) is 3.93. The van der Waals surface area contributed by atoms with Crippen LogP contribution < -0.4 is 10.6 Å². The highest BCUT2D eigenvalue weighted by Crippen LogP contribution is 2.40. The topological polar surface area (TPSA) is 72.8 Å². The molecule has 5 nitrogen and oxygen atoms in total. The first-order valence-electron chi connectivity index (χ1n) is 7.69. The van der Waals surface area contributed by atoms with E-state index in [1.54, 1.807) is 23.9 Å². The SMILES string of the molecule is C=CC1=NC(c2ccc(OC)cc2O)c2ccn(N)c2C(C)=C1C. The molecule has 0 saturated heterocycles. The number of aromatic hydroxyl groups is 1. The lowest BCUT2D eigenvalue weighted by Crippen LogP contribution is -2.11. The Morgan fingerprint density at radius 1 is 1.25 bits per heavy atom. The van der Waals surface area contributed by atoms with Crippen LogP contribution in [-0.2, 0) is 0 Å². The Bertz CT molecular complexity index is 875. The van der Waals surface area contributed by atoms with Crippen molar-refractivity contribution >= 4 is 11.3 Å². The maximum atomic E-state index is 10.5. The minimum atomic E-state index is -0.365. The van der Waals surface area contributed by atoms with Gasteiger partial charge in [0.2, 0.25) is 0 Å². The number of ether oxygens (including phenoxy) is 1. The summed E-state index contributed by atoms with van der Waals surface area (Å²) in [5, 5.41) is 10.5. The van der Waals surface area contributed by atoms with Gasteiger partial charge in [-0.15, -0.1) is 0 Å². The van der Waals surface area contributed by atoms with Crippen LogP contribution in [0.5, 0.6) is 11.5 Å². The van der Waals surface area contributed by atoms with Gasteiger partial charge in [0.25, 0.3) is 0 Å². The second kappa shape index (κ2) is 5.92. The van der Waals surface area contributed by atoms with Gasteiger partial charge in [-0.1, -0.05) is 6.58 Å². The summed E-state index contributed by atoms with van der Waals surface area (Å²) >= 11 is 0. The molecule has 2 aromatic rings. The van der Waals surface area contributed by atoms with Crippen LogP contribution >= 0.6 is 0 Å². The number of rotatable bonds is 3. The molecule has 1 aromatic carbocycles. The molecule has 1 atom stereocenters. The van der Waals surface area contributed by atoms with Gasteiger partial charge in [-0.05, 0) is 49.3 Å². The minimum Gasteiger partial charge on any atom is -0.507 e. The largest absolute Gasteiger partial charge is 0.507 e. The highest BCUT2D eigenvalue weighted by Gasteiger charge is 2.27. The number of benzene rings is 1. The fourth-order valence-electron chi connectivity index (χ4n) is 3.09. The molecular formula is C19H21N3O2. The summed E-state index contributed by atoms with van der Waals surface area (Å²) in [7, 11) is 1.57. The smallest absolute Gasteiger partial charge is 0.124 e. The number of phenolic OH excluding ortho intramolecular Hbond substituents is 1. The quantitative estimate of drug-likeness (QED) is 0.850. The molecular weight excluding hydrogens is 302 g/mol. The normalized spacial score (nSPS) is 17.1. The van der Waals surface area contributed by atoms with Gasteiger partial charge in [-0.25, -0.2) is 0 Å². The number of nitrogen functional groups attached to an aromatic ring is 1. The zero-order valence-corrected chi connectivity index (χ0v) is 14.1. The van der Waals surface area contributed by atoms with Crippen LogP contribution in [0.3, 0.4) is 0 Å². The number of methoxy groups -OCH3 is 1. The molecule has 1 aliphatic heterocycles. The van der Waals surface area contributed by atoms with Crippen molar-refractivity contribution in [3.8, 4) is 11.5 Å². The van der Waals surface area contributed by atoms with Gasteiger partial charge < -0.3 is 15.7 Å². The Labute approximate surface area is 141 Å². The average Bonchev–Trinajstić information content (AvgIpc) is 2.92. The minimum absolute atomic E-state index is 0.138. The van der Waals surface area contributed by atoms with Gasteiger partial charge >= 0.3 is 0 Å². The molecule has 3 N–H and O–H groups in total. The van der Waals surface area contributed by atoms with Crippen molar-refractivity contribution in [2.75, 3.05) is 13.0 Å². The third-order valence-electron chi connectivity index (χ3n) is 4.54. The van der Waals surface area contributed by atoms with E-state index in [4.69, 9.17) is 15.6 Å². The Hall–Kier alpha value is -2.95. The third kappa shape index (κ3) is 2.38. The number of hydrogen-bond donors (Lipinski definition) is 2. The van der Waals surface area contributed by atoms with Crippen molar-refractivity contribution in [1.29, 1.82) is 0 Å². The second-order valence-electron chi connectivity index (χ2n) is 5.82. The lowest BCUT2D eigenvalue weighted by Gasteiger charge is -2.16. The summed E-state index contributed by atoms with van der Waals surface area (Å²) in [5.41, 5.74) is 5.42. The summed E-state index contributed by atoms with van der Waals surface area (Å²) in [6.07, 6.45) is 3.54. The fourth-order valence-corrected chi connectivity index (χ4v) is 3.09. The Balaban J connectivity index is 2.26. The maximum Gasteiger partial charge on any atom is 0.124 e. The number of hydrogen-bond acceptors (Lipinski definition) is 4. The molecule has 0 radical (unpaired) electrons. The van der Waals surface area contributed by atoms with Gasteiger partial charge in [-0.2, -0.15) is 0 Å². The molecule has 0 bridgehead atoms. The predicted octanol–water partition coefficient (Wildman–Crippen LogP) is 3.44. The van der Waals surface area contributed by atoms with E-state index in [0.29, 0.717) is 11.3 Å². The number of nitrogens with two attached hydrogens (primary N) is 1. The first-order valence-corrected chi connectivity index (χ1v) is 7.69. The number of aromatic nitrogens is 1. The molecule has 0 aliphatic carbocycles. The van der Waals surface area contributed by atoms with Gasteiger partial charge in [-0.3, -0.25) is 9.67 Å². The van der Waals surface area contributed by atoms with Crippen LogP contribution in [0, 0.1) is 0 Å². The van der Waals surface area contributed by atoms with E-state index in [2.05, 4.69) is 6.58 Å². The van der Waals surface area contributed by atoms with Crippen molar-refractivity contribution in [1.82, 2.24) is 4.68 Å². The van der Waals surface area contributed by atoms with E-state index in [0.717, 1.165) is 28.1 Å². The number of allylic oxidation sites excluding steroid dienone is 3. The predicted molar refractivity (Wildman–Crippen MR) is 97.0 cm³/mol. The monoisotopic (exact) mass is 323 g/mol. The summed E-state index contributed by atoms with van der Waals surface area (Å²) in [5.74, 6) is 6.85. The van der Waals surface area contributed by atoms with Gasteiger partial charge in [0, 0.05) is 23.4 Å². The van der Waals surface area contributed by atoms with Gasteiger partial charge in [0.1, 0.15) is 17.5 Å². The van der Waals surface area contributed by atoms with Gasteiger partial charge in [0.15, 0.2) is 0 Å². The Morgan fingerprint density at radius 2 is 2.00 bits per heavy atom. The molecule has 24 heavy (non-hydrogen) atoms. The van der Waals surface area contributed by atoms with Crippen molar-refractivity contribution in [3.63, 3.8) is 0 Å². The van der Waals surface area contributed by atoms with E-state index in [1.807, 2.05) is 38.2 Å². The van der Waals surface area contributed by atoms with Crippen molar-refractivity contribution < 1.29 is 9.84 Å². The van der Waals surface area contributed by atoms with Crippen LogP contribution in [0.4, 0.5) is 0 Å². The first-order chi connectivity index (χ1) is 11.5. The second-order valence-corrected chi connectivity index (χ2v) is 5.82.